The molecule has 0 amide bonds. The van der Waals surface area contributed by atoms with Crippen LogP contribution in [0.4, 0.5) is 0 Å². The van der Waals surface area contributed by atoms with Crippen LogP contribution in [0.25, 0.3) is 0 Å². The number of likely N-dealkylation sites (N-methyl/N-ethyl adjacent to an activating group) is 1. The molecule has 0 bridgehead atoms. The van der Waals surface area contributed by atoms with Crippen molar-refractivity contribution in [1.82, 2.24) is 4.90 Å². The van der Waals surface area contributed by atoms with E-state index < -0.39 is 6.10 Å². The van der Waals surface area contributed by atoms with E-state index in [1.165, 1.54) is 0 Å². The molecule has 1 aromatic rings. The Morgan fingerprint density at radius 3 is 2.92 bits per heavy atom. The van der Waals surface area contributed by atoms with E-state index in [-0.39, 0.29) is 19.0 Å². The van der Waals surface area contributed by atoms with Crippen molar-refractivity contribution in [2.24, 2.45) is 5.16 Å². The first-order valence-corrected chi connectivity index (χ1v) is 8.62. The Labute approximate surface area is 148 Å². The van der Waals surface area contributed by atoms with Crippen molar-refractivity contribution in [3.05, 3.63) is 23.8 Å². The normalized spacial score (nSPS) is 20.1. The molecule has 0 radical (unpaired) electrons. The van der Waals surface area contributed by atoms with Gasteiger partial charge >= 0.3 is 0 Å². The van der Waals surface area contributed by atoms with Gasteiger partial charge in [-0.1, -0.05) is 5.16 Å². The molecule has 0 saturated heterocycles. The Bertz CT molecular complexity index is 619. The summed E-state index contributed by atoms with van der Waals surface area (Å²) in [4.78, 5) is 7.59. The van der Waals surface area contributed by atoms with Gasteiger partial charge in [0.15, 0.2) is 11.5 Å². The summed E-state index contributed by atoms with van der Waals surface area (Å²) in [6, 6.07) is 5.79. The number of hydrogen-bond donors (Lipinski definition) is 1. The van der Waals surface area contributed by atoms with Crippen LogP contribution >= 0.6 is 0 Å². The second-order valence-electron chi connectivity index (χ2n) is 6.79. The summed E-state index contributed by atoms with van der Waals surface area (Å²) in [6.45, 7) is 5.74. The summed E-state index contributed by atoms with van der Waals surface area (Å²) in [7, 11) is 1.96. The Morgan fingerprint density at radius 1 is 1.32 bits per heavy atom. The van der Waals surface area contributed by atoms with Crippen LogP contribution in [0.2, 0.25) is 0 Å². The fourth-order valence-electron chi connectivity index (χ4n) is 2.91. The maximum Gasteiger partial charge on any atom is 0.231 e. The third kappa shape index (κ3) is 4.84. The zero-order valence-corrected chi connectivity index (χ0v) is 15.0. The van der Waals surface area contributed by atoms with Gasteiger partial charge in [0.2, 0.25) is 6.79 Å². The fraction of sp³-hybridized carbons (Fsp3) is 0.611. The van der Waals surface area contributed by atoms with E-state index in [1.807, 2.05) is 44.0 Å². The molecule has 25 heavy (non-hydrogen) atoms. The van der Waals surface area contributed by atoms with Gasteiger partial charge in [0.25, 0.3) is 0 Å². The molecule has 2 aliphatic rings. The summed E-state index contributed by atoms with van der Waals surface area (Å²) >= 11 is 0. The van der Waals surface area contributed by atoms with Gasteiger partial charge < -0.3 is 24.2 Å². The second kappa shape index (κ2) is 8.03. The van der Waals surface area contributed by atoms with E-state index in [1.54, 1.807) is 0 Å². The molecule has 2 aliphatic heterocycles. The Kier molecular flexibility index (Phi) is 5.78. The van der Waals surface area contributed by atoms with Gasteiger partial charge in [0.1, 0.15) is 6.10 Å². The second-order valence-corrected chi connectivity index (χ2v) is 6.79. The minimum Gasteiger partial charge on any atom is -0.454 e. The van der Waals surface area contributed by atoms with Crippen molar-refractivity contribution in [3.8, 4) is 11.5 Å². The summed E-state index contributed by atoms with van der Waals surface area (Å²) in [5.74, 6) is 1.51. The molecule has 3 rings (SSSR count). The SMILES string of the molecule is CC(C)OCC(O)CN(C)CC1CC(c2ccc3c(c2)OCO3)=NO1. The number of benzene rings is 1. The lowest BCUT2D eigenvalue weighted by molar-refractivity contribution is -0.0133. The molecular formula is C18H26N2O5. The third-order valence-electron chi connectivity index (χ3n) is 4.10. The van der Waals surface area contributed by atoms with E-state index in [9.17, 15) is 5.11 Å². The minimum absolute atomic E-state index is 0.0244. The molecule has 0 aromatic heterocycles. The van der Waals surface area contributed by atoms with Gasteiger partial charge in [-0.05, 0) is 39.1 Å². The highest BCUT2D eigenvalue weighted by atomic mass is 16.7. The van der Waals surface area contributed by atoms with Gasteiger partial charge in [0.05, 0.1) is 24.5 Å². The van der Waals surface area contributed by atoms with Crippen molar-refractivity contribution in [3.63, 3.8) is 0 Å². The number of aliphatic hydroxyl groups excluding tert-OH is 1. The number of hydrogen-bond acceptors (Lipinski definition) is 7. The summed E-state index contributed by atoms with van der Waals surface area (Å²) in [6.07, 6.45) is 0.310. The smallest absolute Gasteiger partial charge is 0.231 e. The lowest BCUT2D eigenvalue weighted by Gasteiger charge is -2.23. The van der Waals surface area contributed by atoms with Crippen LogP contribution in [0.3, 0.4) is 0 Å². The van der Waals surface area contributed by atoms with Crippen molar-refractivity contribution in [2.45, 2.75) is 38.6 Å². The number of ether oxygens (including phenoxy) is 3. The molecule has 2 unspecified atom stereocenters. The molecule has 7 nitrogen and oxygen atoms in total. The molecule has 1 N–H and O–H groups in total. The Hall–Kier alpha value is -1.83. The maximum atomic E-state index is 10.0. The summed E-state index contributed by atoms with van der Waals surface area (Å²) in [5, 5.41) is 14.2. The lowest BCUT2D eigenvalue weighted by Crippen LogP contribution is -2.37. The van der Waals surface area contributed by atoms with Crippen molar-refractivity contribution in [1.29, 1.82) is 0 Å². The topological polar surface area (TPSA) is 72.8 Å². The average molecular weight is 350 g/mol. The molecule has 1 aromatic carbocycles. The van der Waals surface area contributed by atoms with E-state index >= 15 is 0 Å². The predicted octanol–water partition coefficient (Wildman–Crippen LogP) is 1.63. The van der Waals surface area contributed by atoms with Gasteiger partial charge in [-0.2, -0.15) is 0 Å². The van der Waals surface area contributed by atoms with Crippen molar-refractivity contribution < 1.29 is 24.2 Å². The molecule has 7 heteroatoms. The largest absolute Gasteiger partial charge is 0.454 e. The number of nitrogens with zero attached hydrogens (tertiary/aromatic N) is 2. The average Bonchev–Trinajstić information content (AvgIpc) is 3.20. The highest BCUT2D eigenvalue weighted by Gasteiger charge is 2.25. The number of oxime groups is 1. The van der Waals surface area contributed by atoms with Gasteiger partial charge in [-0.15, -0.1) is 0 Å². The van der Waals surface area contributed by atoms with Crippen molar-refractivity contribution in [2.75, 3.05) is 33.5 Å². The van der Waals surface area contributed by atoms with E-state index in [0.29, 0.717) is 19.7 Å². The van der Waals surface area contributed by atoms with Crippen LogP contribution in [-0.4, -0.2) is 67.6 Å². The molecule has 2 heterocycles. The number of aliphatic hydroxyl groups is 1. The van der Waals surface area contributed by atoms with Crippen LogP contribution in [-0.2, 0) is 9.57 Å². The lowest BCUT2D eigenvalue weighted by atomic mass is 10.0. The van der Waals surface area contributed by atoms with Crippen LogP contribution in [0.1, 0.15) is 25.8 Å². The zero-order chi connectivity index (χ0) is 17.8. The standard InChI is InChI=1S/C18H26N2O5/c1-12(2)22-10-14(21)8-20(3)9-15-7-16(19-25-15)13-4-5-17-18(6-13)24-11-23-17/h4-6,12,14-15,21H,7-11H2,1-3H3. The minimum atomic E-state index is -0.511. The maximum absolute atomic E-state index is 10.0. The first kappa shape index (κ1) is 18.0. The number of fused-ring (bicyclic) bond motifs is 1. The number of rotatable bonds is 8. The van der Waals surface area contributed by atoms with Crippen LogP contribution < -0.4 is 9.47 Å². The summed E-state index contributed by atoms with van der Waals surface area (Å²) in [5.41, 5.74) is 1.89. The molecule has 0 saturated carbocycles. The molecule has 0 spiro atoms. The van der Waals surface area contributed by atoms with Crippen LogP contribution in [0, 0.1) is 0 Å². The molecule has 0 fully saturated rings. The zero-order valence-electron chi connectivity index (χ0n) is 15.0. The van der Waals surface area contributed by atoms with E-state index in [4.69, 9.17) is 19.0 Å². The van der Waals surface area contributed by atoms with Gasteiger partial charge in [0, 0.05) is 25.1 Å². The Balaban J connectivity index is 1.46. The fourth-order valence-corrected chi connectivity index (χ4v) is 2.91. The third-order valence-corrected chi connectivity index (χ3v) is 4.10. The quantitative estimate of drug-likeness (QED) is 0.768. The van der Waals surface area contributed by atoms with Crippen LogP contribution in [0.5, 0.6) is 11.5 Å². The van der Waals surface area contributed by atoms with Gasteiger partial charge in [-0.3, -0.25) is 4.90 Å². The van der Waals surface area contributed by atoms with E-state index in [2.05, 4.69) is 5.16 Å². The van der Waals surface area contributed by atoms with Crippen molar-refractivity contribution >= 4 is 5.71 Å². The Morgan fingerprint density at radius 2 is 2.12 bits per heavy atom. The predicted molar refractivity (Wildman–Crippen MR) is 93.2 cm³/mol. The first-order chi connectivity index (χ1) is 12.0. The monoisotopic (exact) mass is 350 g/mol. The van der Waals surface area contributed by atoms with E-state index in [0.717, 1.165) is 29.2 Å². The molecular weight excluding hydrogens is 324 g/mol. The molecule has 0 aliphatic carbocycles. The van der Waals surface area contributed by atoms with Gasteiger partial charge in [-0.25, -0.2) is 0 Å². The molecule has 2 atom stereocenters. The molecule has 138 valence electrons. The highest BCUT2D eigenvalue weighted by molar-refractivity contribution is 6.01. The highest BCUT2D eigenvalue weighted by Crippen LogP contribution is 2.33. The first-order valence-electron chi connectivity index (χ1n) is 8.62. The summed E-state index contributed by atoms with van der Waals surface area (Å²) < 4.78 is 16.2. The van der Waals surface area contributed by atoms with Crippen LogP contribution in [0.15, 0.2) is 23.4 Å².